The first kappa shape index (κ1) is 21.4. The number of hydrogen-bond acceptors (Lipinski definition) is 6. The zero-order valence-corrected chi connectivity index (χ0v) is 18.9. The van der Waals surface area contributed by atoms with E-state index < -0.39 is 17.6 Å². The van der Waals surface area contributed by atoms with Crippen LogP contribution in [0, 0.1) is 5.92 Å². The van der Waals surface area contributed by atoms with Crippen LogP contribution in [-0.4, -0.2) is 46.4 Å². The Hall–Kier alpha value is -3.46. The summed E-state index contributed by atoms with van der Waals surface area (Å²) < 4.78 is 7.19. The number of ether oxygens (including phenoxy) is 1. The Kier molecular flexibility index (Phi) is 5.28. The molecule has 0 spiro atoms. The van der Waals surface area contributed by atoms with Crippen molar-refractivity contribution in [1.82, 2.24) is 15.2 Å². The minimum Gasteiger partial charge on any atom is -0.468 e. The Bertz CT molecular complexity index is 1220. The highest BCUT2D eigenvalue weighted by atomic mass is 32.1. The minimum atomic E-state index is -0.930. The first-order valence-electron chi connectivity index (χ1n) is 10.9. The predicted octanol–water partition coefficient (Wildman–Crippen LogP) is 2.64. The van der Waals surface area contributed by atoms with E-state index in [4.69, 9.17) is 10.5 Å². The van der Waals surface area contributed by atoms with Crippen LogP contribution < -0.4 is 15.8 Å². The molecule has 1 saturated heterocycles. The van der Waals surface area contributed by atoms with Gasteiger partial charge in [-0.1, -0.05) is 30.3 Å². The van der Waals surface area contributed by atoms with Gasteiger partial charge in [0, 0.05) is 25.4 Å². The summed E-state index contributed by atoms with van der Waals surface area (Å²) in [5, 5.41) is 3.27. The van der Waals surface area contributed by atoms with Gasteiger partial charge in [0.15, 0.2) is 10.7 Å². The SMILES string of the molecule is C[C@@]12C[C@@H](c3ccccc3O1)[C@@H](C(N)=O)C(=O)N2CCCNC(=O)c1nc2ccccc2s1. The summed E-state index contributed by atoms with van der Waals surface area (Å²) >= 11 is 1.34. The maximum atomic E-state index is 13.3. The van der Waals surface area contributed by atoms with Crippen molar-refractivity contribution < 1.29 is 19.1 Å². The number of piperidine rings is 1. The number of carbonyl (C=O) groups excluding carboxylic acids is 3. The van der Waals surface area contributed by atoms with Crippen LogP contribution in [0.5, 0.6) is 5.75 Å². The van der Waals surface area contributed by atoms with E-state index in [1.807, 2.05) is 55.5 Å². The Morgan fingerprint density at radius 1 is 1.24 bits per heavy atom. The highest BCUT2D eigenvalue weighted by molar-refractivity contribution is 7.20. The van der Waals surface area contributed by atoms with Gasteiger partial charge in [0.05, 0.1) is 10.2 Å². The molecular formula is C24H24N4O4S. The van der Waals surface area contributed by atoms with Crippen molar-refractivity contribution >= 4 is 39.3 Å². The van der Waals surface area contributed by atoms with Crippen LogP contribution in [0.1, 0.15) is 41.0 Å². The van der Waals surface area contributed by atoms with Crippen LogP contribution in [0.3, 0.4) is 0 Å². The van der Waals surface area contributed by atoms with E-state index in [-0.39, 0.29) is 17.7 Å². The average molecular weight is 465 g/mol. The van der Waals surface area contributed by atoms with Crippen molar-refractivity contribution in [3.63, 3.8) is 0 Å². The number of likely N-dealkylation sites (tertiary alicyclic amines) is 1. The van der Waals surface area contributed by atoms with Crippen molar-refractivity contribution in [2.45, 2.75) is 31.4 Å². The quantitative estimate of drug-likeness (QED) is 0.430. The van der Waals surface area contributed by atoms with E-state index >= 15 is 0 Å². The highest BCUT2D eigenvalue weighted by Crippen LogP contribution is 2.49. The molecule has 0 unspecified atom stereocenters. The molecule has 9 heteroatoms. The third-order valence-electron chi connectivity index (χ3n) is 6.39. The number of carbonyl (C=O) groups is 3. The second-order valence-electron chi connectivity index (χ2n) is 8.59. The number of primary amides is 1. The van der Waals surface area contributed by atoms with Gasteiger partial charge in [0.1, 0.15) is 11.7 Å². The van der Waals surface area contributed by atoms with Crippen molar-refractivity contribution in [1.29, 1.82) is 0 Å². The number of nitrogens with zero attached hydrogens (tertiary/aromatic N) is 2. The lowest BCUT2D eigenvalue weighted by Gasteiger charge is -2.52. The van der Waals surface area contributed by atoms with Gasteiger partial charge in [-0.3, -0.25) is 14.4 Å². The lowest BCUT2D eigenvalue weighted by molar-refractivity contribution is -0.175. The monoisotopic (exact) mass is 464 g/mol. The molecule has 33 heavy (non-hydrogen) atoms. The highest BCUT2D eigenvalue weighted by Gasteiger charge is 2.55. The zero-order chi connectivity index (χ0) is 23.2. The molecule has 170 valence electrons. The Morgan fingerprint density at radius 3 is 2.79 bits per heavy atom. The number of nitrogens with two attached hydrogens (primary N) is 1. The molecule has 3 N–H and O–H groups in total. The molecule has 0 aliphatic carbocycles. The molecule has 2 bridgehead atoms. The van der Waals surface area contributed by atoms with Crippen LogP contribution >= 0.6 is 11.3 Å². The fourth-order valence-corrected chi connectivity index (χ4v) is 5.74. The molecule has 3 atom stereocenters. The third-order valence-corrected chi connectivity index (χ3v) is 7.43. The molecule has 5 rings (SSSR count). The standard InChI is InChI=1S/C24H24N4O4S/c1-24-13-15(14-7-2-4-9-17(14)32-24)19(20(25)29)23(31)28(24)12-6-11-26-21(30)22-27-16-8-3-5-10-18(16)33-22/h2-5,7-10,15,19H,6,11-13H2,1H3,(H2,25,29)(H,26,30)/t15-,19-,24-/m0/s1. The van der Waals surface area contributed by atoms with Crippen molar-refractivity contribution in [3.8, 4) is 5.75 Å². The molecule has 3 aromatic rings. The van der Waals surface area contributed by atoms with Gasteiger partial charge in [-0.15, -0.1) is 11.3 Å². The van der Waals surface area contributed by atoms with Crippen LogP contribution in [0.4, 0.5) is 0 Å². The first-order valence-corrected chi connectivity index (χ1v) is 11.7. The molecule has 1 aromatic heterocycles. The van der Waals surface area contributed by atoms with E-state index in [9.17, 15) is 14.4 Å². The fraction of sp³-hybridized carbons (Fsp3) is 0.333. The Balaban J connectivity index is 1.27. The molecule has 2 aromatic carbocycles. The normalized spacial score (nSPS) is 23.7. The van der Waals surface area contributed by atoms with Crippen molar-refractivity contribution in [2.75, 3.05) is 13.1 Å². The van der Waals surface area contributed by atoms with Crippen LogP contribution in [-0.2, 0) is 9.59 Å². The number of para-hydroxylation sites is 2. The number of benzene rings is 2. The van der Waals surface area contributed by atoms with Gasteiger partial charge in [-0.25, -0.2) is 4.98 Å². The van der Waals surface area contributed by atoms with Crippen molar-refractivity contribution in [3.05, 3.63) is 59.1 Å². The minimum absolute atomic E-state index is 0.245. The molecule has 8 nitrogen and oxygen atoms in total. The van der Waals surface area contributed by atoms with Gasteiger partial charge < -0.3 is 20.7 Å². The van der Waals surface area contributed by atoms with Gasteiger partial charge in [-0.2, -0.15) is 0 Å². The Labute approximate surface area is 194 Å². The summed E-state index contributed by atoms with van der Waals surface area (Å²) in [6.07, 6.45) is 0.987. The van der Waals surface area contributed by atoms with Crippen LogP contribution in [0.15, 0.2) is 48.5 Å². The lowest BCUT2D eigenvalue weighted by Crippen LogP contribution is -2.64. The number of aromatic nitrogens is 1. The summed E-state index contributed by atoms with van der Waals surface area (Å²) in [5.41, 5.74) is 6.42. The van der Waals surface area contributed by atoms with Crippen molar-refractivity contribution in [2.24, 2.45) is 11.7 Å². The van der Waals surface area contributed by atoms with E-state index in [1.165, 1.54) is 11.3 Å². The summed E-state index contributed by atoms with van der Waals surface area (Å²) in [4.78, 5) is 44.0. The van der Waals surface area contributed by atoms with Crippen LogP contribution in [0.2, 0.25) is 0 Å². The smallest absolute Gasteiger partial charge is 0.280 e. The number of amides is 3. The second-order valence-corrected chi connectivity index (χ2v) is 9.62. The molecule has 2 aliphatic heterocycles. The summed E-state index contributed by atoms with van der Waals surface area (Å²) in [7, 11) is 0. The molecule has 2 aliphatic rings. The topological polar surface area (TPSA) is 115 Å². The molecule has 0 radical (unpaired) electrons. The first-order chi connectivity index (χ1) is 15.9. The van der Waals surface area contributed by atoms with E-state index in [0.29, 0.717) is 36.7 Å². The molecule has 3 heterocycles. The molecule has 1 fully saturated rings. The summed E-state index contributed by atoms with van der Waals surface area (Å²) in [6.45, 7) is 2.55. The third kappa shape index (κ3) is 3.72. The van der Waals surface area contributed by atoms with E-state index in [0.717, 1.165) is 15.8 Å². The zero-order valence-electron chi connectivity index (χ0n) is 18.1. The Morgan fingerprint density at radius 2 is 2.00 bits per heavy atom. The van der Waals surface area contributed by atoms with E-state index in [1.54, 1.807) is 4.90 Å². The van der Waals surface area contributed by atoms with E-state index in [2.05, 4.69) is 10.3 Å². The van der Waals surface area contributed by atoms with Gasteiger partial charge >= 0.3 is 0 Å². The van der Waals surface area contributed by atoms with Gasteiger partial charge in [-0.05, 0) is 37.1 Å². The van der Waals surface area contributed by atoms with Gasteiger partial charge in [0.2, 0.25) is 11.8 Å². The number of hydrogen-bond donors (Lipinski definition) is 2. The van der Waals surface area contributed by atoms with Gasteiger partial charge in [0.25, 0.3) is 5.91 Å². The number of rotatable bonds is 6. The second kappa shape index (κ2) is 8.15. The number of thiazole rings is 1. The molecular weight excluding hydrogens is 440 g/mol. The predicted molar refractivity (Wildman–Crippen MR) is 124 cm³/mol. The average Bonchev–Trinajstić information content (AvgIpc) is 3.22. The largest absolute Gasteiger partial charge is 0.468 e. The number of fused-ring (bicyclic) bond motifs is 5. The fourth-order valence-electron chi connectivity index (χ4n) is 4.86. The maximum Gasteiger partial charge on any atom is 0.280 e. The lowest BCUT2D eigenvalue weighted by atomic mass is 9.73. The maximum absolute atomic E-state index is 13.3. The van der Waals surface area contributed by atoms with Crippen LogP contribution in [0.25, 0.3) is 10.2 Å². The molecule has 3 amide bonds. The summed E-state index contributed by atoms with van der Waals surface area (Å²) in [5.74, 6) is -1.76. The number of nitrogens with one attached hydrogen (secondary N) is 1. The summed E-state index contributed by atoms with van der Waals surface area (Å²) in [6, 6.07) is 15.1. The molecule has 0 saturated carbocycles.